The van der Waals surface area contributed by atoms with Crippen LogP contribution in [0.3, 0.4) is 0 Å². The van der Waals surface area contributed by atoms with Gasteiger partial charge in [-0.05, 0) is 67.8 Å². The van der Waals surface area contributed by atoms with Gasteiger partial charge >= 0.3 is 0 Å². The Bertz CT molecular complexity index is 1080. The van der Waals surface area contributed by atoms with Crippen molar-refractivity contribution in [1.82, 2.24) is 15.6 Å². The van der Waals surface area contributed by atoms with Crippen molar-refractivity contribution in [1.29, 1.82) is 0 Å². The summed E-state index contributed by atoms with van der Waals surface area (Å²) in [7, 11) is 2.09. The molecule has 0 aliphatic carbocycles. The predicted molar refractivity (Wildman–Crippen MR) is 140 cm³/mol. The first kappa shape index (κ1) is 23.9. The number of nitrogens with one attached hydrogen (secondary N) is 2. The van der Waals surface area contributed by atoms with Crippen LogP contribution in [0.4, 0.5) is 15.9 Å². The minimum absolute atomic E-state index is 0.262. The number of halogens is 1. The first-order chi connectivity index (χ1) is 16.4. The zero-order valence-corrected chi connectivity index (χ0v) is 20.5. The van der Waals surface area contributed by atoms with E-state index in [9.17, 15) is 4.39 Å². The van der Waals surface area contributed by atoms with Crippen LogP contribution in [0.15, 0.2) is 72.8 Å². The highest BCUT2D eigenvalue weighted by Crippen LogP contribution is 2.34. The molecule has 2 aromatic rings. The zero-order chi connectivity index (χ0) is 24.1. The fourth-order valence-corrected chi connectivity index (χ4v) is 4.44. The molecule has 34 heavy (non-hydrogen) atoms. The van der Waals surface area contributed by atoms with Crippen molar-refractivity contribution in [3.8, 4) is 11.3 Å². The highest BCUT2D eigenvalue weighted by atomic mass is 19.1. The van der Waals surface area contributed by atoms with Crippen LogP contribution in [0.25, 0.3) is 11.3 Å². The van der Waals surface area contributed by atoms with Crippen LogP contribution in [0, 0.1) is 11.7 Å². The van der Waals surface area contributed by atoms with E-state index in [-0.39, 0.29) is 5.82 Å². The van der Waals surface area contributed by atoms with Crippen molar-refractivity contribution in [2.45, 2.75) is 45.6 Å². The molecular weight excluding hydrogens is 425 g/mol. The van der Waals surface area contributed by atoms with Crippen LogP contribution in [-0.2, 0) is 0 Å². The van der Waals surface area contributed by atoms with Gasteiger partial charge in [-0.2, -0.15) is 0 Å². The van der Waals surface area contributed by atoms with Gasteiger partial charge in [0.15, 0.2) is 5.82 Å². The molecule has 2 aliphatic rings. The molecule has 0 fully saturated rings. The minimum Gasteiger partial charge on any atom is -0.385 e. The minimum atomic E-state index is -0.262. The van der Waals surface area contributed by atoms with Crippen LogP contribution in [0.5, 0.6) is 0 Å². The molecule has 0 saturated heterocycles. The normalized spacial score (nSPS) is 18.5. The summed E-state index contributed by atoms with van der Waals surface area (Å²) in [5.74, 6) is 2.10. The van der Waals surface area contributed by atoms with Gasteiger partial charge in [-0.1, -0.05) is 39.0 Å². The summed E-state index contributed by atoms with van der Waals surface area (Å²) >= 11 is 0. The van der Waals surface area contributed by atoms with E-state index < -0.39 is 0 Å². The number of hydrogen-bond acceptors (Lipinski definition) is 5. The summed E-state index contributed by atoms with van der Waals surface area (Å²) in [5.41, 5.74) is 3.60. The smallest absolute Gasteiger partial charge is 0.158 e. The Labute approximate surface area is 203 Å². The van der Waals surface area contributed by atoms with Crippen molar-refractivity contribution in [3.05, 3.63) is 78.7 Å². The van der Waals surface area contributed by atoms with E-state index in [1.54, 1.807) is 6.07 Å². The SMILES string of the molecule is C=C(NC1=CC(CC[C@H](C)CC)NC=C1)N1CCCN(C)c2ccc(-c3cccc(F)c3)nc21. The molecule has 4 rings (SSSR count). The van der Waals surface area contributed by atoms with E-state index in [1.165, 1.54) is 25.0 Å². The number of rotatable bonds is 8. The van der Waals surface area contributed by atoms with Crippen LogP contribution in [-0.4, -0.2) is 31.2 Å². The third-order valence-corrected chi connectivity index (χ3v) is 6.75. The average molecular weight is 462 g/mol. The molecule has 0 bridgehead atoms. The van der Waals surface area contributed by atoms with Crippen molar-refractivity contribution in [2.75, 3.05) is 29.9 Å². The summed E-state index contributed by atoms with van der Waals surface area (Å²) in [4.78, 5) is 9.34. The fraction of sp³-hybridized carbons (Fsp3) is 0.393. The van der Waals surface area contributed by atoms with E-state index in [1.807, 2.05) is 24.4 Å². The topological polar surface area (TPSA) is 43.4 Å². The third kappa shape index (κ3) is 5.61. The van der Waals surface area contributed by atoms with Crippen LogP contribution >= 0.6 is 0 Å². The van der Waals surface area contributed by atoms with Gasteiger partial charge in [-0.15, -0.1) is 0 Å². The Hall–Kier alpha value is -3.28. The Morgan fingerprint density at radius 2 is 2.15 bits per heavy atom. The second kappa shape index (κ2) is 10.8. The summed E-state index contributed by atoms with van der Waals surface area (Å²) in [6, 6.07) is 10.9. The molecule has 3 heterocycles. The maximum absolute atomic E-state index is 13.8. The average Bonchev–Trinajstić information content (AvgIpc) is 3.01. The number of allylic oxidation sites excluding steroid dienone is 1. The molecule has 0 saturated carbocycles. The van der Waals surface area contributed by atoms with Crippen molar-refractivity contribution < 1.29 is 4.39 Å². The first-order valence-corrected chi connectivity index (χ1v) is 12.3. The summed E-state index contributed by atoms with van der Waals surface area (Å²) in [5, 5.41) is 6.97. The highest BCUT2D eigenvalue weighted by Gasteiger charge is 2.23. The van der Waals surface area contributed by atoms with E-state index in [0.717, 1.165) is 66.1 Å². The molecule has 1 aromatic heterocycles. The number of dihydropyridines is 1. The molecule has 0 radical (unpaired) electrons. The van der Waals surface area contributed by atoms with Gasteiger partial charge in [0.05, 0.1) is 11.4 Å². The second-order valence-electron chi connectivity index (χ2n) is 9.37. The molecule has 2 N–H and O–H groups in total. The summed E-state index contributed by atoms with van der Waals surface area (Å²) < 4.78 is 13.8. The molecular formula is C28H36FN5. The van der Waals surface area contributed by atoms with Gasteiger partial charge in [0.25, 0.3) is 0 Å². The van der Waals surface area contributed by atoms with Crippen molar-refractivity contribution in [2.24, 2.45) is 5.92 Å². The number of hydrogen-bond donors (Lipinski definition) is 2. The van der Waals surface area contributed by atoms with Crippen LogP contribution < -0.4 is 20.4 Å². The molecule has 1 unspecified atom stereocenters. The highest BCUT2D eigenvalue weighted by molar-refractivity contribution is 5.74. The van der Waals surface area contributed by atoms with Crippen LogP contribution in [0.1, 0.15) is 39.5 Å². The van der Waals surface area contributed by atoms with E-state index in [4.69, 9.17) is 4.98 Å². The summed E-state index contributed by atoms with van der Waals surface area (Å²) in [6.45, 7) is 10.7. The predicted octanol–water partition coefficient (Wildman–Crippen LogP) is 5.79. The largest absolute Gasteiger partial charge is 0.385 e. The van der Waals surface area contributed by atoms with Gasteiger partial charge in [0, 0.05) is 37.4 Å². The van der Waals surface area contributed by atoms with Crippen molar-refractivity contribution in [3.63, 3.8) is 0 Å². The third-order valence-electron chi connectivity index (χ3n) is 6.75. The zero-order valence-electron chi connectivity index (χ0n) is 20.5. The number of fused-ring (bicyclic) bond motifs is 1. The fourth-order valence-electron chi connectivity index (χ4n) is 4.44. The molecule has 6 heteroatoms. The van der Waals surface area contributed by atoms with E-state index in [2.05, 4.69) is 60.0 Å². The quantitative estimate of drug-likeness (QED) is 0.521. The lowest BCUT2D eigenvalue weighted by atomic mass is 9.98. The Kier molecular flexibility index (Phi) is 7.56. The molecule has 1 aromatic carbocycles. The molecule has 180 valence electrons. The molecule has 0 spiro atoms. The lowest BCUT2D eigenvalue weighted by molar-refractivity contribution is 0.462. The molecule has 2 aliphatic heterocycles. The number of anilines is 2. The number of pyridine rings is 1. The van der Waals surface area contributed by atoms with Crippen molar-refractivity contribution >= 4 is 11.5 Å². The molecule has 2 atom stereocenters. The first-order valence-electron chi connectivity index (χ1n) is 12.3. The van der Waals surface area contributed by atoms with Gasteiger partial charge in [-0.25, -0.2) is 9.37 Å². The number of aromatic nitrogens is 1. The molecule has 5 nitrogen and oxygen atoms in total. The summed E-state index contributed by atoms with van der Waals surface area (Å²) in [6.07, 6.45) is 10.8. The standard InChI is InChI=1S/C28H36FN5/c1-5-20(2)10-11-24-19-25(14-15-30-24)31-21(3)34-17-7-16-33(4)27-13-12-26(32-28(27)34)22-8-6-9-23(29)18-22/h6,8-9,12-15,18-20,24,30-31H,3,5,7,10-11,16-17H2,1-2,4H3/t20-,24?/m1/s1. The maximum atomic E-state index is 13.8. The molecule has 0 amide bonds. The van der Waals surface area contributed by atoms with Gasteiger partial charge in [0.1, 0.15) is 11.6 Å². The van der Waals surface area contributed by atoms with Crippen LogP contribution in [0.2, 0.25) is 0 Å². The number of benzene rings is 1. The van der Waals surface area contributed by atoms with E-state index >= 15 is 0 Å². The monoisotopic (exact) mass is 461 g/mol. The Morgan fingerprint density at radius 3 is 2.94 bits per heavy atom. The van der Waals surface area contributed by atoms with Gasteiger partial charge in [-0.3, -0.25) is 0 Å². The maximum Gasteiger partial charge on any atom is 0.158 e. The van der Waals surface area contributed by atoms with E-state index in [0.29, 0.717) is 6.04 Å². The Balaban J connectivity index is 1.56. The van der Waals surface area contributed by atoms with Gasteiger partial charge < -0.3 is 20.4 Å². The second-order valence-corrected chi connectivity index (χ2v) is 9.37. The Morgan fingerprint density at radius 1 is 1.29 bits per heavy atom. The lowest BCUT2D eigenvalue weighted by Crippen LogP contribution is -2.34. The van der Waals surface area contributed by atoms with Gasteiger partial charge in [0.2, 0.25) is 0 Å². The lowest BCUT2D eigenvalue weighted by Gasteiger charge is -2.29. The number of nitrogens with zero attached hydrogens (tertiary/aromatic N) is 3.